The van der Waals surface area contributed by atoms with Crippen LogP contribution in [0.1, 0.15) is 18.2 Å². The predicted octanol–water partition coefficient (Wildman–Crippen LogP) is -2.24. The molecule has 3 aromatic rings. The maximum Gasteiger partial charge on any atom is 1.00 e. The number of imidazole rings is 1. The van der Waals surface area contributed by atoms with Crippen LogP contribution in [0.15, 0.2) is 23.5 Å². The van der Waals surface area contributed by atoms with Crippen LogP contribution in [0.4, 0.5) is 0 Å². The molecule has 3 rings (SSSR count). The van der Waals surface area contributed by atoms with Crippen LogP contribution in [-0.4, -0.2) is 49.3 Å². The molecular formula is C16H23KN4O5S. The van der Waals surface area contributed by atoms with E-state index in [1.54, 1.807) is 32.5 Å². The van der Waals surface area contributed by atoms with Gasteiger partial charge < -0.3 is 26.8 Å². The molecule has 0 saturated heterocycles. The number of pyridine rings is 2. The second-order valence-corrected chi connectivity index (χ2v) is 6.67. The summed E-state index contributed by atoms with van der Waals surface area (Å²) in [5.74, 6) is 1.49. The Balaban J connectivity index is 0. The van der Waals surface area contributed by atoms with E-state index in [-0.39, 0.29) is 69.5 Å². The van der Waals surface area contributed by atoms with Crippen molar-refractivity contribution in [2.75, 3.05) is 14.2 Å². The smallest absolute Gasteiger partial charge is 1.00 e. The third-order valence-electron chi connectivity index (χ3n) is 3.74. The molecule has 0 spiro atoms. The Morgan fingerprint density at radius 2 is 1.85 bits per heavy atom. The number of hydrogen-bond acceptors (Lipinski definition) is 6. The van der Waals surface area contributed by atoms with Gasteiger partial charge in [0.2, 0.25) is 5.88 Å². The average Bonchev–Trinajstić information content (AvgIpc) is 3.01. The van der Waals surface area contributed by atoms with Gasteiger partial charge in [-0.3, -0.25) is 9.19 Å². The van der Waals surface area contributed by atoms with Crippen LogP contribution < -0.4 is 60.9 Å². The summed E-state index contributed by atoms with van der Waals surface area (Å²) in [6.07, 6.45) is 1.73. The number of methoxy groups -OCH3 is 2. The SMILES string of the molecule is COc1ccc2[nH]c([S@](=O)Cc3ncc(C)c(OC)c3C)nc2n1.O.O.[H-].[K+]. The van der Waals surface area contributed by atoms with Gasteiger partial charge >= 0.3 is 51.4 Å². The van der Waals surface area contributed by atoms with Gasteiger partial charge in [0.15, 0.2) is 10.8 Å². The molecule has 0 aliphatic heterocycles. The first-order valence-corrected chi connectivity index (χ1v) is 8.63. The molecule has 144 valence electrons. The normalized spacial score (nSPS) is 11.0. The molecule has 5 N–H and O–H groups in total. The number of aromatic nitrogens is 4. The standard InChI is InChI=1S/C16H18N4O3S.K.2H2O.H/c1-9-7-17-12(10(2)14(9)23-4)8-24(21)16-18-11-5-6-13(22-3)19-15(11)20-16;;;;/h5-7H,8H2,1-4H3,(H,18,19,20);;2*1H2;/q;+1;;;-1/t24-;;;;/m1..../s1. The molecule has 9 nitrogen and oxygen atoms in total. The molecule has 0 unspecified atom stereocenters. The second-order valence-electron chi connectivity index (χ2n) is 5.30. The molecule has 0 saturated carbocycles. The Morgan fingerprint density at radius 3 is 2.48 bits per heavy atom. The zero-order valence-electron chi connectivity index (χ0n) is 16.9. The van der Waals surface area contributed by atoms with Crippen LogP contribution in [0.5, 0.6) is 11.6 Å². The molecule has 0 bridgehead atoms. The van der Waals surface area contributed by atoms with E-state index in [2.05, 4.69) is 19.9 Å². The maximum atomic E-state index is 12.7. The minimum Gasteiger partial charge on any atom is -1.00 e. The van der Waals surface area contributed by atoms with Crippen molar-refractivity contribution >= 4 is 22.0 Å². The summed E-state index contributed by atoms with van der Waals surface area (Å²) in [5, 5.41) is 0.367. The molecule has 0 aliphatic rings. The number of ether oxygens (including phenoxy) is 2. The van der Waals surface area contributed by atoms with E-state index >= 15 is 0 Å². The van der Waals surface area contributed by atoms with Crippen LogP contribution in [0, 0.1) is 13.8 Å². The van der Waals surface area contributed by atoms with Gasteiger partial charge in [-0.1, -0.05) is 0 Å². The van der Waals surface area contributed by atoms with Gasteiger partial charge in [0.25, 0.3) is 0 Å². The molecule has 0 radical (unpaired) electrons. The quantitative estimate of drug-likeness (QED) is 0.459. The molecule has 3 aromatic heterocycles. The molecule has 0 amide bonds. The first-order chi connectivity index (χ1) is 11.5. The minimum absolute atomic E-state index is 0. The number of aryl methyl sites for hydroxylation is 1. The van der Waals surface area contributed by atoms with Crippen LogP contribution >= 0.6 is 0 Å². The maximum absolute atomic E-state index is 12.7. The number of fused-ring (bicyclic) bond motifs is 1. The third kappa shape index (κ3) is 5.54. The van der Waals surface area contributed by atoms with Crippen molar-refractivity contribution in [1.29, 1.82) is 0 Å². The Labute approximate surface area is 203 Å². The molecule has 11 heteroatoms. The fourth-order valence-electron chi connectivity index (χ4n) is 2.48. The van der Waals surface area contributed by atoms with Gasteiger partial charge in [0.1, 0.15) is 5.75 Å². The van der Waals surface area contributed by atoms with E-state index in [0.29, 0.717) is 22.2 Å². The molecule has 27 heavy (non-hydrogen) atoms. The fourth-order valence-corrected chi connectivity index (χ4v) is 3.57. The first kappa shape index (κ1) is 26.1. The number of nitrogens with zero attached hydrogens (tertiary/aromatic N) is 3. The second kappa shape index (κ2) is 11.2. The molecule has 3 heterocycles. The molecule has 0 aromatic carbocycles. The van der Waals surface area contributed by atoms with Gasteiger partial charge in [0.05, 0.1) is 42.0 Å². The monoisotopic (exact) mass is 422 g/mol. The summed E-state index contributed by atoms with van der Waals surface area (Å²) in [6, 6.07) is 3.52. The summed E-state index contributed by atoms with van der Waals surface area (Å²) in [5.41, 5.74) is 3.75. The van der Waals surface area contributed by atoms with Crippen LogP contribution in [-0.2, 0) is 16.6 Å². The van der Waals surface area contributed by atoms with Gasteiger partial charge in [-0.05, 0) is 19.9 Å². The average molecular weight is 423 g/mol. The van der Waals surface area contributed by atoms with E-state index in [9.17, 15) is 4.21 Å². The fraction of sp³-hybridized carbons (Fsp3) is 0.312. The van der Waals surface area contributed by atoms with Crippen molar-refractivity contribution in [1.82, 2.24) is 19.9 Å². The van der Waals surface area contributed by atoms with Crippen molar-refractivity contribution < 1.29 is 77.4 Å². The van der Waals surface area contributed by atoms with Crippen molar-refractivity contribution in [2.45, 2.75) is 24.8 Å². The van der Waals surface area contributed by atoms with Gasteiger partial charge in [-0.2, -0.15) is 4.98 Å². The number of aromatic amines is 1. The van der Waals surface area contributed by atoms with E-state index in [4.69, 9.17) is 9.47 Å². The largest absolute Gasteiger partial charge is 1.00 e. The van der Waals surface area contributed by atoms with Crippen LogP contribution in [0.2, 0.25) is 0 Å². The predicted molar refractivity (Wildman–Crippen MR) is 99.2 cm³/mol. The summed E-state index contributed by atoms with van der Waals surface area (Å²) < 4.78 is 23.1. The number of H-pyrrole nitrogens is 1. The van der Waals surface area contributed by atoms with Crippen LogP contribution in [0.25, 0.3) is 11.2 Å². The zero-order valence-corrected chi connectivity index (χ0v) is 19.9. The van der Waals surface area contributed by atoms with Gasteiger partial charge in [-0.15, -0.1) is 0 Å². The molecule has 0 fully saturated rings. The Hall–Kier alpha value is -0.924. The van der Waals surface area contributed by atoms with Crippen LogP contribution in [0.3, 0.4) is 0 Å². The van der Waals surface area contributed by atoms with E-state index in [1.807, 2.05) is 13.8 Å². The van der Waals surface area contributed by atoms with Crippen molar-refractivity contribution in [2.24, 2.45) is 0 Å². The molecular weight excluding hydrogens is 399 g/mol. The Morgan fingerprint density at radius 1 is 1.15 bits per heavy atom. The molecule has 1 atom stereocenters. The Bertz CT molecular complexity index is 941. The van der Waals surface area contributed by atoms with Crippen molar-refractivity contribution in [3.63, 3.8) is 0 Å². The summed E-state index contributed by atoms with van der Waals surface area (Å²) in [4.78, 5) is 15.9. The molecule has 0 aliphatic carbocycles. The van der Waals surface area contributed by atoms with Gasteiger partial charge in [-0.25, -0.2) is 4.98 Å². The minimum atomic E-state index is -1.37. The Kier molecular flexibility index (Phi) is 10.8. The number of rotatable bonds is 5. The zero-order chi connectivity index (χ0) is 17.3. The number of nitrogens with one attached hydrogen (secondary N) is 1. The topological polar surface area (TPSA) is 153 Å². The number of hydrogen-bond donors (Lipinski definition) is 1. The first-order valence-electron chi connectivity index (χ1n) is 7.31. The van der Waals surface area contributed by atoms with Gasteiger partial charge in [0, 0.05) is 23.4 Å². The third-order valence-corrected chi connectivity index (χ3v) is 4.90. The van der Waals surface area contributed by atoms with E-state index in [1.165, 1.54) is 0 Å². The van der Waals surface area contributed by atoms with Crippen molar-refractivity contribution in [3.8, 4) is 11.6 Å². The van der Waals surface area contributed by atoms with Crippen molar-refractivity contribution in [3.05, 3.63) is 35.2 Å². The van der Waals surface area contributed by atoms with E-state index in [0.717, 1.165) is 22.6 Å². The summed E-state index contributed by atoms with van der Waals surface area (Å²) in [7, 11) is 1.79. The summed E-state index contributed by atoms with van der Waals surface area (Å²) in [6.45, 7) is 3.84. The van der Waals surface area contributed by atoms with E-state index < -0.39 is 10.8 Å². The summed E-state index contributed by atoms with van der Waals surface area (Å²) >= 11 is 0.